The second-order valence-electron chi connectivity index (χ2n) is 11.6. The highest BCUT2D eigenvalue weighted by Gasteiger charge is 2.45. The Balaban J connectivity index is 0.0000000882. The van der Waals surface area contributed by atoms with Crippen molar-refractivity contribution in [3.63, 3.8) is 0 Å². The molecule has 0 amide bonds. The largest absolute Gasteiger partial charge is 0.412 e. The molecule has 9 aliphatic rings. The molecule has 0 aromatic carbocycles. The molecule has 2 N–H and O–H groups in total. The van der Waals surface area contributed by atoms with Gasteiger partial charge in [-0.3, -0.25) is 0 Å². The van der Waals surface area contributed by atoms with E-state index in [-0.39, 0.29) is 5.48 Å². The van der Waals surface area contributed by atoms with Crippen molar-refractivity contribution in [1.29, 1.82) is 0 Å². The molecule has 0 radical (unpaired) electrons. The summed E-state index contributed by atoms with van der Waals surface area (Å²) < 4.78 is 0. The van der Waals surface area contributed by atoms with Crippen molar-refractivity contribution < 1.29 is 5.48 Å². The summed E-state index contributed by atoms with van der Waals surface area (Å²) in [4.78, 5) is 0. The fourth-order valence-corrected chi connectivity index (χ4v) is 8.92. The smallest absolute Gasteiger partial charge is 0.0133 e. The monoisotopic (exact) mass is 414 g/mol. The van der Waals surface area contributed by atoms with Crippen LogP contribution in [-0.4, -0.2) is 5.48 Å². The fraction of sp³-hybridized carbons (Fsp3) is 0.600. The predicted octanol–water partition coefficient (Wildman–Crippen LogP) is 6.33. The van der Waals surface area contributed by atoms with Gasteiger partial charge in [0.05, 0.1) is 0 Å². The van der Waals surface area contributed by atoms with E-state index in [2.05, 4.69) is 72.9 Å². The number of allylic oxidation sites excluding steroid dienone is 12. The van der Waals surface area contributed by atoms with Crippen molar-refractivity contribution in [2.24, 2.45) is 71.0 Å². The van der Waals surface area contributed by atoms with E-state index in [1.165, 1.54) is 38.5 Å². The average Bonchev–Trinajstić information content (AvgIpc) is 3.65. The molecule has 1 nitrogen and oxygen atoms in total. The van der Waals surface area contributed by atoms with Gasteiger partial charge in [-0.15, -0.1) is 0 Å². The van der Waals surface area contributed by atoms with Crippen LogP contribution in [0.1, 0.15) is 38.5 Å². The van der Waals surface area contributed by atoms with Gasteiger partial charge in [0.25, 0.3) is 0 Å². The molecule has 9 rings (SSSR count). The van der Waals surface area contributed by atoms with Gasteiger partial charge in [0.2, 0.25) is 0 Å². The van der Waals surface area contributed by atoms with Crippen molar-refractivity contribution in [3.8, 4) is 0 Å². The van der Waals surface area contributed by atoms with Crippen molar-refractivity contribution in [1.82, 2.24) is 0 Å². The molecule has 164 valence electrons. The maximum Gasteiger partial charge on any atom is -0.0133 e. The van der Waals surface area contributed by atoms with Gasteiger partial charge in [0, 0.05) is 0 Å². The zero-order valence-corrected chi connectivity index (χ0v) is 18.6. The van der Waals surface area contributed by atoms with Crippen LogP contribution in [0.3, 0.4) is 0 Å². The molecule has 0 saturated heterocycles. The van der Waals surface area contributed by atoms with Gasteiger partial charge in [-0.1, -0.05) is 72.9 Å². The second-order valence-corrected chi connectivity index (χ2v) is 11.6. The molecule has 0 spiro atoms. The van der Waals surface area contributed by atoms with Gasteiger partial charge in [-0.2, -0.15) is 0 Å². The zero-order valence-electron chi connectivity index (χ0n) is 18.6. The van der Waals surface area contributed by atoms with Crippen LogP contribution >= 0.6 is 0 Å². The Bertz CT molecular complexity index is 757. The van der Waals surface area contributed by atoms with Gasteiger partial charge >= 0.3 is 0 Å². The van der Waals surface area contributed by atoms with Crippen LogP contribution in [-0.2, 0) is 0 Å². The van der Waals surface area contributed by atoms with E-state index in [0.717, 1.165) is 71.0 Å². The highest BCUT2D eigenvalue weighted by molar-refractivity contribution is 5.23. The minimum absolute atomic E-state index is 0. The molecule has 3 fully saturated rings. The normalized spacial score (nSPS) is 52.6. The van der Waals surface area contributed by atoms with Crippen LogP contribution in [0.15, 0.2) is 72.9 Å². The number of hydrogen-bond donors (Lipinski definition) is 0. The highest BCUT2D eigenvalue weighted by atomic mass is 16.0. The van der Waals surface area contributed by atoms with E-state index < -0.39 is 0 Å². The van der Waals surface area contributed by atoms with E-state index in [9.17, 15) is 0 Å². The average molecular weight is 415 g/mol. The quantitative estimate of drug-likeness (QED) is 0.415. The lowest BCUT2D eigenvalue weighted by atomic mass is 9.86. The molecule has 9 aliphatic carbocycles. The topological polar surface area (TPSA) is 31.5 Å². The lowest BCUT2D eigenvalue weighted by Crippen LogP contribution is -2.12. The minimum Gasteiger partial charge on any atom is -0.412 e. The third kappa shape index (κ3) is 3.14. The summed E-state index contributed by atoms with van der Waals surface area (Å²) in [6.07, 6.45) is 37.5. The van der Waals surface area contributed by atoms with E-state index in [1.807, 2.05) is 0 Å². The molecule has 0 aromatic heterocycles. The molecule has 3 saturated carbocycles. The van der Waals surface area contributed by atoms with Crippen molar-refractivity contribution in [2.45, 2.75) is 38.5 Å². The van der Waals surface area contributed by atoms with Crippen LogP contribution in [0.2, 0.25) is 0 Å². The van der Waals surface area contributed by atoms with Crippen molar-refractivity contribution >= 4 is 0 Å². The number of rotatable bonds is 0. The first-order chi connectivity index (χ1) is 14.8. The van der Waals surface area contributed by atoms with Gasteiger partial charge in [-0.25, -0.2) is 0 Å². The summed E-state index contributed by atoms with van der Waals surface area (Å²) in [5, 5.41) is 0. The molecule has 0 aliphatic heterocycles. The van der Waals surface area contributed by atoms with Gasteiger partial charge in [-0.05, 0) is 110 Å². The maximum absolute atomic E-state index is 2.44. The van der Waals surface area contributed by atoms with Gasteiger partial charge < -0.3 is 5.48 Å². The third-order valence-corrected chi connectivity index (χ3v) is 10.4. The maximum atomic E-state index is 2.44. The summed E-state index contributed by atoms with van der Waals surface area (Å²) in [7, 11) is 0. The van der Waals surface area contributed by atoms with Crippen LogP contribution < -0.4 is 0 Å². The summed E-state index contributed by atoms with van der Waals surface area (Å²) in [5.41, 5.74) is 0. The number of fused-ring (bicyclic) bond motifs is 15. The highest BCUT2D eigenvalue weighted by Crippen LogP contribution is 2.54. The lowest BCUT2D eigenvalue weighted by molar-refractivity contribution is 0.398. The SMILES string of the molecule is C1=CC2C3C=CC(C3)C2C1.C1=CC2C3C=CC(C3)C2C1.C1=CC2C3C=CC(C3)C2C1.O. The van der Waals surface area contributed by atoms with E-state index >= 15 is 0 Å². The summed E-state index contributed by atoms with van der Waals surface area (Å²) in [6, 6.07) is 0. The molecule has 12 unspecified atom stereocenters. The first-order valence-electron chi connectivity index (χ1n) is 12.9. The second kappa shape index (κ2) is 7.77. The molecule has 31 heavy (non-hydrogen) atoms. The molecule has 1 heteroatoms. The Labute approximate surface area is 188 Å². The summed E-state index contributed by atoms with van der Waals surface area (Å²) >= 11 is 0. The summed E-state index contributed by atoms with van der Waals surface area (Å²) in [5.74, 6) is 11.5. The Kier molecular flexibility index (Phi) is 5.02. The predicted molar refractivity (Wildman–Crippen MR) is 128 cm³/mol. The molecule has 6 bridgehead atoms. The van der Waals surface area contributed by atoms with Crippen LogP contribution in [0.4, 0.5) is 0 Å². The first-order valence-corrected chi connectivity index (χ1v) is 12.9. The standard InChI is InChI=1S/3C10H12.H2O/c3*1-2-9-7-4-5-8(6-7)10(9)3-1;/h3*1-2,4-5,7-10H,3,6H2;1H2. The fourth-order valence-electron chi connectivity index (χ4n) is 8.92. The third-order valence-electron chi connectivity index (χ3n) is 10.4. The molecular formula is C30H38O. The Hall–Kier alpha value is -1.60. The van der Waals surface area contributed by atoms with Crippen LogP contribution in [0, 0.1) is 71.0 Å². The first kappa shape index (κ1) is 20.0. The Morgan fingerprint density at radius 1 is 0.355 bits per heavy atom. The van der Waals surface area contributed by atoms with Crippen LogP contribution in [0.5, 0.6) is 0 Å². The Morgan fingerprint density at radius 3 is 0.935 bits per heavy atom. The minimum atomic E-state index is 0. The Morgan fingerprint density at radius 2 is 0.645 bits per heavy atom. The van der Waals surface area contributed by atoms with Gasteiger partial charge in [0.15, 0.2) is 0 Å². The molecule has 0 heterocycles. The van der Waals surface area contributed by atoms with E-state index in [0.29, 0.717) is 0 Å². The molecular weight excluding hydrogens is 376 g/mol. The molecule has 12 atom stereocenters. The number of hydrogen-bond acceptors (Lipinski definition) is 0. The van der Waals surface area contributed by atoms with E-state index in [1.54, 1.807) is 0 Å². The summed E-state index contributed by atoms with van der Waals surface area (Å²) in [6.45, 7) is 0. The van der Waals surface area contributed by atoms with Crippen molar-refractivity contribution in [3.05, 3.63) is 72.9 Å². The van der Waals surface area contributed by atoms with Gasteiger partial charge in [0.1, 0.15) is 0 Å². The lowest BCUT2D eigenvalue weighted by Gasteiger charge is -2.18. The van der Waals surface area contributed by atoms with Crippen LogP contribution in [0.25, 0.3) is 0 Å². The van der Waals surface area contributed by atoms with Crippen molar-refractivity contribution in [2.75, 3.05) is 0 Å². The zero-order chi connectivity index (χ0) is 19.7. The molecule has 0 aromatic rings. The van der Waals surface area contributed by atoms with E-state index in [4.69, 9.17) is 0 Å².